The van der Waals surface area contributed by atoms with Crippen LogP contribution in [0.25, 0.3) is 0 Å². The number of allylic oxidation sites excluding steroid dienone is 1. The summed E-state index contributed by atoms with van der Waals surface area (Å²) in [6, 6.07) is 1.57. The first-order valence-corrected chi connectivity index (χ1v) is 9.57. The number of nitrogens with one attached hydrogen (secondary N) is 2. The molecule has 29 heavy (non-hydrogen) atoms. The lowest BCUT2D eigenvalue weighted by Crippen LogP contribution is -2.37. The minimum atomic E-state index is -0.823. The van der Waals surface area contributed by atoms with E-state index in [0.29, 0.717) is 18.0 Å². The maximum atomic E-state index is 12.3. The van der Waals surface area contributed by atoms with Gasteiger partial charge in [-0.15, -0.1) is 0 Å². The molecule has 1 aliphatic heterocycles. The molecule has 1 aliphatic carbocycles. The molecule has 0 bridgehead atoms. The maximum absolute atomic E-state index is 12.3. The summed E-state index contributed by atoms with van der Waals surface area (Å²) in [6.07, 6.45) is 7.46. The molecule has 3 amide bonds. The molecule has 1 aromatic heterocycles. The molecule has 0 radical (unpaired) electrons. The molecule has 0 atom stereocenters. The molecule has 1 aromatic rings. The Hall–Kier alpha value is -3.36. The first kappa shape index (κ1) is 20.4. The highest BCUT2D eigenvalue weighted by Gasteiger charge is 2.23. The van der Waals surface area contributed by atoms with Crippen LogP contribution in [0.4, 0.5) is 5.82 Å². The summed E-state index contributed by atoms with van der Waals surface area (Å²) >= 11 is 0. The van der Waals surface area contributed by atoms with E-state index in [1.165, 1.54) is 23.1 Å². The van der Waals surface area contributed by atoms with Crippen LogP contribution in [0.5, 0.6) is 0 Å². The lowest BCUT2D eigenvalue weighted by molar-refractivity contribution is -0.136. The van der Waals surface area contributed by atoms with Gasteiger partial charge in [0.2, 0.25) is 0 Å². The lowest BCUT2D eigenvalue weighted by Gasteiger charge is -2.13. The molecule has 9 nitrogen and oxygen atoms in total. The van der Waals surface area contributed by atoms with Crippen molar-refractivity contribution in [3.05, 3.63) is 35.6 Å². The predicted molar refractivity (Wildman–Crippen MR) is 110 cm³/mol. The van der Waals surface area contributed by atoms with Crippen LogP contribution in [0.3, 0.4) is 0 Å². The second kappa shape index (κ2) is 8.76. The summed E-state index contributed by atoms with van der Waals surface area (Å²) in [5.41, 5.74) is 2.51. The van der Waals surface area contributed by atoms with Gasteiger partial charge in [0.1, 0.15) is 5.82 Å². The van der Waals surface area contributed by atoms with Crippen molar-refractivity contribution >= 4 is 35.2 Å². The smallest absolute Gasteiger partial charge is 0.314 e. The Morgan fingerprint density at radius 2 is 2.00 bits per heavy atom. The first-order chi connectivity index (χ1) is 13.8. The molecule has 0 saturated heterocycles. The van der Waals surface area contributed by atoms with Gasteiger partial charge in [-0.1, -0.05) is 18.2 Å². The fraction of sp³-hybridized carbons (Fsp3) is 0.400. The van der Waals surface area contributed by atoms with Crippen LogP contribution >= 0.6 is 0 Å². The van der Waals surface area contributed by atoms with Gasteiger partial charge in [0.25, 0.3) is 11.9 Å². The van der Waals surface area contributed by atoms with E-state index in [1.807, 2.05) is 0 Å². The summed E-state index contributed by atoms with van der Waals surface area (Å²) in [5, 5.41) is 9.35. The molecule has 0 saturated carbocycles. The Kier molecular flexibility index (Phi) is 6.16. The number of carbonyl (C=O) groups excluding carboxylic acids is 3. The second-order valence-corrected chi connectivity index (χ2v) is 7.04. The monoisotopic (exact) mass is 396 g/mol. The van der Waals surface area contributed by atoms with Gasteiger partial charge < -0.3 is 10.6 Å². The van der Waals surface area contributed by atoms with Crippen molar-refractivity contribution in [1.82, 2.24) is 15.1 Å². The highest BCUT2D eigenvalue weighted by atomic mass is 16.2. The predicted octanol–water partition coefficient (Wildman–Crippen LogP) is 1.90. The van der Waals surface area contributed by atoms with Crippen LogP contribution in [-0.2, 0) is 14.4 Å². The quantitative estimate of drug-likeness (QED) is 0.459. The average Bonchev–Trinajstić information content (AvgIpc) is 3.06. The molecule has 0 spiro atoms. The fourth-order valence-corrected chi connectivity index (χ4v) is 3.11. The maximum Gasteiger partial charge on any atom is 0.314 e. The Morgan fingerprint density at radius 1 is 1.21 bits per heavy atom. The first-order valence-electron chi connectivity index (χ1n) is 9.57. The number of anilines is 1. The van der Waals surface area contributed by atoms with Gasteiger partial charge >= 0.3 is 11.8 Å². The number of aryl methyl sites for hydroxylation is 1. The van der Waals surface area contributed by atoms with E-state index in [2.05, 4.69) is 38.4 Å². The molecular weight excluding hydrogens is 372 g/mol. The van der Waals surface area contributed by atoms with Crippen molar-refractivity contribution < 1.29 is 14.4 Å². The molecule has 2 aliphatic rings. The van der Waals surface area contributed by atoms with Crippen molar-refractivity contribution in [3.63, 3.8) is 0 Å². The Bertz CT molecular complexity index is 967. The zero-order chi connectivity index (χ0) is 21.0. The van der Waals surface area contributed by atoms with E-state index in [-0.39, 0.29) is 17.4 Å². The molecule has 3 rings (SSSR count). The standard InChI is InChI=1S/C20H24N6O3/c1-12-11-16(26(25-12)20-22-14(3)13(2)17(27)24-20)23-19(29)18(28)21-10-9-15-7-5-4-6-8-15/h7,11H,2,4-6,8-10H2,1,3H3,(H,21,28)(H,23,29). The number of hydrogen-bond donors (Lipinski definition) is 2. The molecular formula is C20H24N6O3. The van der Waals surface area contributed by atoms with Gasteiger partial charge in [-0.25, -0.2) is 4.99 Å². The largest absolute Gasteiger partial charge is 0.348 e. The SMILES string of the molecule is C=C1C(=O)N=C(n2nc(C)cc2NC(=O)C(=O)NCCC2=CCCCC2)N=C1C. The van der Waals surface area contributed by atoms with Crippen molar-refractivity contribution in [2.45, 2.75) is 46.0 Å². The van der Waals surface area contributed by atoms with E-state index in [1.54, 1.807) is 19.9 Å². The van der Waals surface area contributed by atoms with Gasteiger partial charge in [0, 0.05) is 12.6 Å². The van der Waals surface area contributed by atoms with Crippen molar-refractivity contribution in [1.29, 1.82) is 0 Å². The number of hydrogen-bond acceptors (Lipinski definition) is 5. The van der Waals surface area contributed by atoms with Gasteiger partial charge in [-0.05, 0) is 46.0 Å². The molecule has 2 N–H and O–H groups in total. The zero-order valence-corrected chi connectivity index (χ0v) is 16.6. The van der Waals surface area contributed by atoms with Crippen LogP contribution in [0.2, 0.25) is 0 Å². The highest BCUT2D eigenvalue weighted by Crippen LogP contribution is 2.19. The van der Waals surface area contributed by atoms with Crippen LogP contribution in [-0.4, -0.2) is 45.7 Å². The van der Waals surface area contributed by atoms with Gasteiger partial charge in [-0.3, -0.25) is 14.4 Å². The Morgan fingerprint density at radius 3 is 2.69 bits per heavy atom. The third-order valence-corrected chi connectivity index (χ3v) is 4.75. The average molecular weight is 396 g/mol. The van der Waals surface area contributed by atoms with E-state index in [4.69, 9.17) is 0 Å². The van der Waals surface area contributed by atoms with Crippen LogP contribution < -0.4 is 10.6 Å². The van der Waals surface area contributed by atoms with E-state index in [9.17, 15) is 14.4 Å². The minimum Gasteiger partial charge on any atom is -0.348 e. The van der Waals surface area contributed by atoms with Crippen molar-refractivity contribution in [2.24, 2.45) is 9.98 Å². The van der Waals surface area contributed by atoms with E-state index >= 15 is 0 Å². The van der Waals surface area contributed by atoms with Gasteiger partial charge in [0.15, 0.2) is 0 Å². The molecule has 0 unspecified atom stereocenters. The molecule has 2 heterocycles. The minimum absolute atomic E-state index is 0.00736. The number of carbonyl (C=O) groups is 3. The topological polar surface area (TPSA) is 118 Å². The number of rotatable bonds is 4. The normalized spacial score (nSPS) is 16.7. The summed E-state index contributed by atoms with van der Waals surface area (Å²) in [4.78, 5) is 44.4. The highest BCUT2D eigenvalue weighted by molar-refractivity contribution is 6.39. The summed E-state index contributed by atoms with van der Waals surface area (Å²) in [5.74, 6) is -1.87. The Labute approximate surface area is 168 Å². The second-order valence-electron chi connectivity index (χ2n) is 7.04. The number of nitrogens with zero attached hydrogens (tertiary/aromatic N) is 4. The summed E-state index contributed by atoms with van der Waals surface area (Å²) in [7, 11) is 0. The Balaban J connectivity index is 1.64. The zero-order valence-electron chi connectivity index (χ0n) is 16.6. The summed E-state index contributed by atoms with van der Waals surface area (Å²) in [6.45, 7) is 7.38. The van der Waals surface area contributed by atoms with Crippen LogP contribution in [0.1, 0.15) is 44.7 Å². The van der Waals surface area contributed by atoms with Crippen molar-refractivity contribution in [3.8, 4) is 0 Å². The summed E-state index contributed by atoms with van der Waals surface area (Å²) < 4.78 is 1.22. The third kappa shape index (κ3) is 4.92. The molecule has 0 aromatic carbocycles. The number of aliphatic imine (C=N–C) groups is 2. The number of aromatic nitrogens is 2. The van der Waals surface area contributed by atoms with Crippen molar-refractivity contribution in [2.75, 3.05) is 11.9 Å². The van der Waals surface area contributed by atoms with Gasteiger partial charge in [-0.2, -0.15) is 14.8 Å². The third-order valence-electron chi connectivity index (χ3n) is 4.75. The van der Waals surface area contributed by atoms with Gasteiger partial charge in [0.05, 0.1) is 17.0 Å². The van der Waals surface area contributed by atoms with Crippen LogP contribution in [0, 0.1) is 6.92 Å². The molecule has 152 valence electrons. The lowest BCUT2D eigenvalue weighted by atomic mass is 9.97. The molecule has 9 heteroatoms. The molecule has 0 fully saturated rings. The fourth-order valence-electron chi connectivity index (χ4n) is 3.11. The number of amides is 3. The van der Waals surface area contributed by atoms with E-state index in [0.717, 1.165) is 19.3 Å². The van der Waals surface area contributed by atoms with E-state index < -0.39 is 17.7 Å². The van der Waals surface area contributed by atoms with Crippen LogP contribution in [0.15, 0.2) is 39.9 Å².